The summed E-state index contributed by atoms with van der Waals surface area (Å²) in [6, 6.07) is 5.41. The first-order chi connectivity index (χ1) is 11.1. The second kappa shape index (κ2) is 10.7. The molecule has 23 heavy (non-hydrogen) atoms. The van der Waals surface area contributed by atoms with E-state index in [-0.39, 0.29) is 6.54 Å². The summed E-state index contributed by atoms with van der Waals surface area (Å²) >= 11 is 3.41. The van der Waals surface area contributed by atoms with Crippen LogP contribution in [-0.4, -0.2) is 44.9 Å². The summed E-state index contributed by atoms with van der Waals surface area (Å²) in [4.78, 5) is 22.8. The van der Waals surface area contributed by atoms with Crippen LogP contribution in [0.25, 0.3) is 0 Å². The number of rotatable bonds is 8. The Kier molecular flexibility index (Phi) is 8.93. The summed E-state index contributed by atoms with van der Waals surface area (Å²) in [5.41, 5.74) is 2.91. The van der Waals surface area contributed by atoms with Crippen molar-refractivity contribution in [2.75, 3.05) is 26.9 Å². The van der Waals surface area contributed by atoms with Gasteiger partial charge >= 0.3 is 11.8 Å². The van der Waals surface area contributed by atoms with Crippen molar-refractivity contribution in [3.05, 3.63) is 28.2 Å². The second-order valence-corrected chi connectivity index (χ2v) is 5.34. The van der Waals surface area contributed by atoms with Crippen molar-refractivity contribution in [2.24, 2.45) is 5.10 Å². The normalized spacial score (nSPS) is 10.6. The lowest BCUT2D eigenvalue weighted by atomic mass is 10.2. The third kappa shape index (κ3) is 7.25. The summed E-state index contributed by atoms with van der Waals surface area (Å²) in [6.45, 7) is 3.27. The van der Waals surface area contributed by atoms with Gasteiger partial charge in [0.2, 0.25) is 0 Å². The number of hydrogen-bond acceptors (Lipinski definition) is 5. The molecule has 126 valence electrons. The molecule has 0 saturated carbocycles. The molecule has 0 fully saturated rings. The first kappa shape index (κ1) is 19.1. The Morgan fingerprint density at radius 1 is 1.30 bits per heavy atom. The van der Waals surface area contributed by atoms with Crippen molar-refractivity contribution >= 4 is 34.0 Å². The Bertz CT molecular complexity index is 564. The molecular weight excluding hydrogens is 366 g/mol. The Balaban J connectivity index is 2.49. The van der Waals surface area contributed by atoms with Crippen LogP contribution in [0.2, 0.25) is 0 Å². The van der Waals surface area contributed by atoms with E-state index < -0.39 is 11.8 Å². The fraction of sp³-hybridized carbons (Fsp3) is 0.400. The molecule has 8 heteroatoms. The molecule has 0 aliphatic carbocycles. The van der Waals surface area contributed by atoms with Crippen LogP contribution in [0.15, 0.2) is 27.8 Å². The minimum absolute atomic E-state index is 0.263. The molecule has 0 spiro atoms. The van der Waals surface area contributed by atoms with E-state index in [4.69, 9.17) is 9.47 Å². The first-order valence-electron chi connectivity index (χ1n) is 7.11. The number of nitrogens with one attached hydrogen (secondary N) is 2. The molecule has 1 aromatic carbocycles. The number of benzene rings is 1. The van der Waals surface area contributed by atoms with Crippen LogP contribution in [0.3, 0.4) is 0 Å². The molecule has 1 rings (SSSR count). The van der Waals surface area contributed by atoms with E-state index >= 15 is 0 Å². The van der Waals surface area contributed by atoms with Crippen molar-refractivity contribution in [1.29, 1.82) is 0 Å². The van der Waals surface area contributed by atoms with Gasteiger partial charge in [0.1, 0.15) is 5.75 Å². The summed E-state index contributed by atoms with van der Waals surface area (Å²) in [7, 11) is 1.51. The maximum atomic E-state index is 11.5. The maximum Gasteiger partial charge on any atom is 0.329 e. The third-order valence-corrected chi connectivity index (χ3v) is 3.22. The van der Waals surface area contributed by atoms with Crippen LogP contribution < -0.4 is 15.5 Å². The molecule has 0 aliphatic heterocycles. The molecule has 1 aromatic rings. The lowest BCUT2D eigenvalue weighted by Gasteiger charge is -2.07. The van der Waals surface area contributed by atoms with Crippen LogP contribution >= 0.6 is 15.9 Å². The molecule has 0 aliphatic rings. The van der Waals surface area contributed by atoms with Crippen molar-refractivity contribution in [3.8, 4) is 5.75 Å². The van der Waals surface area contributed by atoms with Gasteiger partial charge in [-0.25, -0.2) is 5.43 Å². The molecule has 0 bridgehead atoms. The van der Waals surface area contributed by atoms with E-state index in [9.17, 15) is 9.59 Å². The van der Waals surface area contributed by atoms with Gasteiger partial charge in [-0.2, -0.15) is 5.10 Å². The largest absolute Gasteiger partial charge is 0.492 e. The summed E-state index contributed by atoms with van der Waals surface area (Å²) in [5, 5.41) is 6.14. The van der Waals surface area contributed by atoms with Crippen molar-refractivity contribution in [2.45, 2.75) is 13.3 Å². The summed E-state index contributed by atoms with van der Waals surface area (Å²) in [6.07, 6.45) is 2.36. The van der Waals surface area contributed by atoms with E-state index in [1.54, 1.807) is 18.2 Å². The highest BCUT2D eigenvalue weighted by Gasteiger charge is 2.11. The average molecular weight is 386 g/mol. The van der Waals surface area contributed by atoms with Crippen molar-refractivity contribution in [3.63, 3.8) is 0 Å². The minimum Gasteiger partial charge on any atom is -0.492 e. The Hall–Kier alpha value is -1.93. The fourth-order valence-electron chi connectivity index (χ4n) is 1.49. The second-order valence-electron chi connectivity index (χ2n) is 4.49. The van der Waals surface area contributed by atoms with E-state index in [0.717, 1.165) is 22.2 Å². The predicted molar refractivity (Wildman–Crippen MR) is 90.6 cm³/mol. The summed E-state index contributed by atoms with van der Waals surface area (Å²) in [5.74, 6) is -0.853. The van der Waals surface area contributed by atoms with Crippen molar-refractivity contribution in [1.82, 2.24) is 10.7 Å². The molecule has 7 nitrogen and oxygen atoms in total. The van der Waals surface area contributed by atoms with Gasteiger partial charge in [0, 0.05) is 13.7 Å². The van der Waals surface area contributed by atoms with Gasteiger partial charge in [-0.3, -0.25) is 9.59 Å². The van der Waals surface area contributed by atoms with Crippen LogP contribution in [-0.2, 0) is 14.3 Å². The molecule has 0 aromatic heterocycles. The number of halogens is 1. The fourth-order valence-corrected chi connectivity index (χ4v) is 2.00. The number of hydrazone groups is 1. The number of methoxy groups -OCH3 is 1. The van der Waals surface area contributed by atoms with Crippen LogP contribution in [0.4, 0.5) is 0 Å². The van der Waals surface area contributed by atoms with Crippen molar-refractivity contribution < 1.29 is 19.1 Å². The molecule has 2 amide bonds. The van der Waals surface area contributed by atoms with E-state index in [1.807, 2.05) is 6.92 Å². The van der Waals surface area contributed by atoms with E-state index in [1.165, 1.54) is 13.3 Å². The zero-order valence-corrected chi connectivity index (χ0v) is 14.7. The zero-order valence-electron chi connectivity index (χ0n) is 13.1. The highest BCUT2D eigenvalue weighted by atomic mass is 79.9. The standard InChI is InChI=1S/C15H20BrN3O4/c1-3-7-23-13-5-4-11(9-12(13)16)10-18-19-15(21)14(20)17-6-8-22-2/h4-5,9-10H,3,6-8H2,1-2H3,(H,17,20)(H,19,21)/b18-10-. The third-order valence-electron chi connectivity index (χ3n) is 2.60. The molecule has 2 N–H and O–H groups in total. The number of carbonyl (C=O) groups is 2. The van der Waals surface area contributed by atoms with Gasteiger partial charge in [0.15, 0.2) is 0 Å². The molecular formula is C15H20BrN3O4. The number of ether oxygens (including phenoxy) is 2. The number of carbonyl (C=O) groups excluding carboxylic acids is 2. The number of amides is 2. The minimum atomic E-state index is -0.834. The van der Waals surface area contributed by atoms with Crippen LogP contribution in [0, 0.1) is 0 Å². The Labute approximate surface area is 143 Å². The zero-order chi connectivity index (χ0) is 17.1. The Morgan fingerprint density at radius 2 is 2.09 bits per heavy atom. The molecule has 0 saturated heterocycles. The highest BCUT2D eigenvalue weighted by Crippen LogP contribution is 2.25. The average Bonchev–Trinajstić information content (AvgIpc) is 2.54. The van der Waals surface area contributed by atoms with E-state index in [2.05, 4.69) is 31.8 Å². The first-order valence-corrected chi connectivity index (χ1v) is 7.90. The number of hydrogen-bond donors (Lipinski definition) is 2. The topological polar surface area (TPSA) is 89.0 Å². The summed E-state index contributed by atoms with van der Waals surface area (Å²) < 4.78 is 11.1. The van der Waals surface area contributed by atoms with Gasteiger partial charge < -0.3 is 14.8 Å². The molecule has 0 atom stereocenters. The lowest BCUT2D eigenvalue weighted by molar-refractivity contribution is -0.139. The van der Waals surface area contributed by atoms with E-state index in [0.29, 0.717) is 13.2 Å². The van der Waals surface area contributed by atoms with Gasteiger partial charge in [0.25, 0.3) is 0 Å². The number of nitrogens with zero attached hydrogens (tertiary/aromatic N) is 1. The van der Waals surface area contributed by atoms with Crippen LogP contribution in [0.1, 0.15) is 18.9 Å². The monoisotopic (exact) mass is 385 g/mol. The molecule has 0 unspecified atom stereocenters. The predicted octanol–water partition coefficient (Wildman–Crippen LogP) is 1.45. The smallest absolute Gasteiger partial charge is 0.329 e. The quantitative estimate of drug-likeness (QED) is 0.306. The van der Waals surface area contributed by atoms with Gasteiger partial charge in [0.05, 0.1) is 23.9 Å². The lowest BCUT2D eigenvalue weighted by Crippen LogP contribution is -2.39. The maximum absolute atomic E-state index is 11.5. The highest BCUT2D eigenvalue weighted by molar-refractivity contribution is 9.10. The van der Waals surface area contributed by atoms with Gasteiger partial charge in [-0.05, 0) is 46.1 Å². The van der Waals surface area contributed by atoms with Crippen LogP contribution in [0.5, 0.6) is 5.75 Å². The Morgan fingerprint density at radius 3 is 2.74 bits per heavy atom. The molecule has 0 heterocycles. The van der Waals surface area contributed by atoms with Gasteiger partial charge in [-0.15, -0.1) is 0 Å². The van der Waals surface area contributed by atoms with Gasteiger partial charge in [-0.1, -0.05) is 6.92 Å². The SMILES string of the molecule is CCCOc1ccc(/C=N\NC(=O)C(=O)NCCOC)cc1Br. The molecule has 0 radical (unpaired) electrons.